The Labute approximate surface area is 156 Å². The molecule has 0 aliphatic rings. The topological polar surface area (TPSA) is 47.6 Å². The molecule has 0 spiro atoms. The standard InChI is InChI=1S/C22H29NO3/c1-16(2)6-5-7-18(4)23-22(24)26-21-14-12-20(13-15-21)25-19-10-8-17(3)9-11-19/h8-16,18H,5-7H2,1-4H3,(H,23,24). The second kappa shape index (κ2) is 9.85. The minimum Gasteiger partial charge on any atom is -0.457 e. The number of ether oxygens (including phenoxy) is 2. The number of nitrogens with one attached hydrogen (secondary N) is 1. The molecule has 2 aromatic rings. The Morgan fingerprint density at radius 3 is 2.00 bits per heavy atom. The molecule has 0 aromatic heterocycles. The molecular weight excluding hydrogens is 326 g/mol. The lowest BCUT2D eigenvalue weighted by molar-refractivity contribution is 0.196. The van der Waals surface area contributed by atoms with Crippen LogP contribution in [-0.2, 0) is 0 Å². The number of carbonyl (C=O) groups excluding carboxylic acids is 1. The lowest BCUT2D eigenvalue weighted by atomic mass is 10.0. The Balaban J connectivity index is 1.78. The Kier molecular flexibility index (Phi) is 7.52. The quantitative estimate of drug-likeness (QED) is 0.623. The van der Waals surface area contributed by atoms with Crippen molar-refractivity contribution >= 4 is 6.09 Å². The van der Waals surface area contributed by atoms with Crippen LogP contribution >= 0.6 is 0 Å². The van der Waals surface area contributed by atoms with Crippen LogP contribution in [0, 0.1) is 12.8 Å². The van der Waals surface area contributed by atoms with E-state index in [-0.39, 0.29) is 6.04 Å². The summed E-state index contributed by atoms with van der Waals surface area (Å²) in [7, 11) is 0. The van der Waals surface area contributed by atoms with E-state index in [1.165, 1.54) is 12.0 Å². The zero-order valence-electron chi connectivity index (χ0n) is 16.1. The molecule has 1 atom stereocenters. The molecule has 0 aliphatic carbocycles. The third-order valence-electron chi connectivity index (χ3n) is 4.07. The van der Waals surface area contributed by atoms with Gasteiger partial charge in [-0.1, -0.05) is 44.4 Å². The third kappa shape index (κ3) is 7.18. The maximum atomic E-state index is 12.0. The number of amides is 1. The van der Waals surface area contributed by atoms with Crippen molar-refractivity contribution in [2.24, 2.45) is 5.92 Å². The molecule has 2 rings (SSSR count). The molecule has 1 N–H and O–H groups in total. The Bertz CT molecular complexity index is 678. The van der Waals surface area contributed by atoms with Gasteiger partial charge in [0.2, 0.25) is 0 Å². The average molecular weight is 355 g/mol. The van der Waals surface area contributed by atoms with Crippen molar-refractivity contribution in [1.29, 1.82) is 0 Å². The van der Waals surface area contributed by atoms with E-state index in [2.05, 4.69) is 19.2 Å². The predicted molar refractivity (Wildman–Crippen MR) is 105 cm³/mol. The largest absolute Gasteiger partial charge is 0.457 e. The first-order valence-corrected chi connectivity index (χ1v) is 9.25. The first-order valence-electron chi connectivity index (χ1n) is 9.25. The fraction of sp³-hybridized carbons (Fsp3) is 0.409. The van der Waals surface area contributed by atoms with Gasteiger partial charge in [-0.3, -0.25) is 0 Å². The van der Waals surface area contributed by atoms with Gasteiger partial charge >= 0.3 is 6.09 Å². The monoisotopic (exact) mass is 355 g/mol. The number of aryl methyl sites for hydroxylation is 1. The summed E-state index contributed by atoms with van der Waals surface area (Å²) in [6.07, 6.45) is 2.80. The summed E-state index contributed by atoms with van der Waals surface area (Å²) in [5, 5.41) is 2.87. The van der Waals surface area contributed by atoms with Crippen LogP contribution in [0.15, 0.2) is 48.5 Å². The molecule has 0 saturated carbocycles. The highest BCUT2D eigenvalue weighted by atomic mass is 16.6. The van der Waals surface area contributed by atoms with Crippen LogP contribution in [0.2, 0.25) is 0 Å². The van der Waals surface area contributed by atoms with E-state index >= 15 is 0 Å². The number of benzene rings is 2. The molecule has 0 bridgehead atoms. The van der Waals surface area contributed by atoms with Crippen LogP contribution in [0.5, 0.6) is 17.2 Å². The average Bonchev–Trinajstić information content (AvgIpc) is 2.58. The van der Waals surface area contributed by atoms with Crippen LogP contribution in [-0.4, -0.2) is 12.1 Å². The van der Waals surface area contributed by atoms with Gasteiger partial charge in [0.1, 0.15) is 17.2 Å². The highest BCUT2D eigenvalue weighted by Crippen LogP contribution is 2.24. The molecular formula is C22H29NO3. The lowest BCUT2D eigenvalue weighted by Gasteiger charge is -2.14. The minimum absolute atomic E-state index is 0.102. The fourth-order valence-electron chi connectivity index (χ4n) is 2.56. The van der Waals surface area contributed by atoms with Crippen molar-refractivity contribution in [3.63, 3.8) is 0 Å². The van der Waals surface area contributed by atoms with E-state index in [1.54, 1.807) is 24.3 Å². The van der Waals surface area contributed by atoms with E-state index < -0.39 is 6.09 Å². The minimum atomic E-state index is -0.422. The van der Waals surface area contributed by atoms with Gasteiger partial charge in [-0.05, 0) is 62.6 Å². The summed E-state index contributed by atoms with van der Waals surface area (Å²) in [4.78, 5) is 12.0. The maximum Gasteiger partial charge on any atom is 0.412 e. The molecule has 0 saturated heterocycles. The van der Waals surface area contributed by atoms with E-state index in [0.29, 0.717) is 17.4 Å². The summed E-state index contributed by atoms with van der Waals surface area (Å²) < 4.78 is 11.1. The molecule has 26 heavy (non-hydrogen) atoms. The molecule has 0 radical (unpaired) electrons. The lowest BCUT2D eigenvalue weighted by Crippen LogP contribution is -2.34. The zero-order valence-corrected chi connectivity index (χ0v) is 16.1. The molecule has 4 nitrogen and oxygen atoms in total. The first kappa shape index (κ1) is 19.8. The van der Waals surface area contributed by atoms with Crippen LogP contribution < -0.4 is 14.8 Å². The fourth-order valence-corrected chi connectivity index (χ4v) is 2.56. The second-order valence-electron chi connectivity index (χ2n) is 7.15. The summed E-state index contributed by atoms with van der Waals surface area (Å²) in [5.41, 5.74) is 1.19. The van der Waals surface area contributed by atoms with E-state index in [4.69, 9.17) is 9.47 Å². The van der Waals surface area contributed by atoms with Gasteiger partial charge in [0.15, 0.2) is 0 Å². The molecule has 0 heterocycles. The van der Waals surface area contributed by atoms with Crippen LogP contribution in [0.1, 0.15) is 45.6 Å². The Morgan fingerprint density at radius 1 is 0.885 bits per heavy atom. The molecule has 0 aliphatic heterocycles. The Morgan fingerprint density at radius 2 is 1.42 bits per heavy atom. The van der Waals surface area contributed by atoms with E-state index in [9.17, 15) is 4.79 Å². The highest BCUT2D eigenvalue weighted by molar-refractivity contribution is 5.70. The van der Waals surface area contributed by atoms with Crippen molar-refractivity contribution in [2.75, 3.05) is 0 Å². The molecule has 4 heteroatoms. The van der Waals surface area contributed by atoms with Gasteiger partial charge < -0.3 is 14.8 Å². The summed E-state index contributed by atoms with van der Waals surface area (Å²) in [6, 6.07) is 15.0. The normalized spacial score (nSPS) is 11.9. The number of carbonyl (C=O) groups is 1. The summed E-state index contributed by atoms with van der Waals surface area (Å²) in [6.45, 7) is 8.45. The molecule has 1 amide bonds. The first-order chi connectivity index (χ1) is 12.4. The van der Waals surface area contributed by atoms with Crippen LogP contribution in [0.4, 0.5) is 4.79 Å². The smallest absolute Gasteiger partial charge is 0.412 e. The summed E-state index contributed by atoms with van der Waals surface area (Å²) in [5.74, 6) is 2.66. The highest BCUT2D eigenvalue weighted by Gasteiger charge is 2.10. The van der Waals surface area contributed by atoms with Crippen molar-refractivity contribution in [3.05, 3.63) is 54.1 Å². The van der Waals surface area contributed by atoms with Crippen LogP contribution in [0.25, 0.3) is 0 Å². The van der Waals surface area contributed by atoms with Gasteiger partial charge in [-0.2, -0.15) is 0 Å². The van der Waals surface area contributed by atoms with Crippen molar-refractivity contribution in [1.82, 2.24) is 5.32 Å². The summed E-state index contributed by atoms with van der Waals surface area (Å²) >= 11 is 0. The molecule has 0 fully saturated rings. The zero-order chi connectivity index (χ0) is 18.9. The predicted octanol–water partition coefficient (Wildman–Crippen LogP) is 6.09. The van der Waals surface area contributed by atoms with Gasteiger partial charge in [0.05, 0.1) is 0 Å². The van der Waals surface area contributed by atoms with Crippen LogP contribution in [0.3, 0.4) is 0 Å². The van der Waals surface area contributed by atoms with E-state index in [1.807, 2.05) is 38.1 Å². The van der Waals surface area contributed by atoms with E-state index in [0.717, 1.165) is 18.6 Å². The van der Waals surface area contributed by atoms with Crippen molar-refractivity contribution < 1.29 is 14.3 Å². The number of rotatable bonds is 8. The van der Waals surface area contributed by atoms with Gasteiger partial charge in [-0.15, -0.1) is 0 Å². The molecule has 140 valence electrons. The van der Waals surface area contributed by atoms with Gasteiger partial charge in [0, 0.05) is 6.04 Å². The SMILES string of the molecule is Cc1ccc(Oc2ccc(OC(=O)NC(C)CCCC(C)C)cc2)cc1. The number of hydrogen-bond donors (Lipinski definition) is 1. The maximum absolute atomic E-state index is 12.0. The van der Waals surface area contributed by atoms with Gasteiger partial charge in [0.25, 0.3) is 0 Å². The third-order valence-corrected chi connectivity index (χ3v) is 4.07. The molecule has 1 unspecified atom stereocenters. The number of hydrogen-bond acceptors (Lipinski definition) is 3. The van der Waals surface area contributed by atoms with Gasteiger partial charge in [-0.25, -0.2) is 4.79 Å². The second-order valence-corrected chi connectivity index (χ2v) is 7.15. The van der Waals surface area contributed by atoms with Crippen molar-refractivity contribution in [2.45, 2.75) is 53.0 Å². The molecule has 2 aromatic carbocycles. The Hall–Kier alpha value is -2.49. The van der Waals surface area contributed by atoms with Crippen molar-refractivity contribution in [3.8, 4) is 17.2 Å².